The fraction of sp³-hybridized carbons (Fsp3) is 0.300. The minimum Gasteiger partial charge on any atom is -0.571 e. The minimum absolute atomic E-state index is 0.0984. The van der Waals surface area contributed by atoms with Gasteiger partial charge in [0.2, 0.25) is 6.29 Å². The van der Waals surface area contributed by atoms with Crippen LogP contribution in [0.4, 0.5) is 0 Å². The zero-order chi connectivity index (χ0) is 21.6. The first-order chi connectivity index (χ1) is 14.2. The van der Waals surface area contributed by atoms with Crippen molar-refractivity contribution < 1.29 is 50.0 Å². The highest BCUT2D eigenvalue weighted by molar-refractivity contribution is 5.69. The van der Waals surface area contributed by atoms with Crippen molar-refractivity contribution in [2.24, 2.45) is 0 Å². The molecule has 2 aromatic carbocycles. The number of ether oxygens (including phenoxy) is 3. The van der Waals surface area contributed by atoms with Crippen LogP contribution in [0.15, 0.2) is 36.1 Å². The van der Waals surface area contributed by atoms with Gasteiger partial charge in [-0.3, -0.25) is 0 Å². The molecular weight excluding hydrogens is 400 g/mol. The van der Waals surface area contributed by atoms with Gasteiger partial charge in [0.25, 0.3) is 11.9 Å². The number of aromatic hydroxyl groups is 5. The van der Waals surface area contributed by atoms with E-state index in [4.69, 9.17) is 9.47 Å². The fourth-order valence-electron chi connectivity index (χ4n) is 3.35. The van der Waals surface area contributed by atoms with Gasteiger partial charge in [0.15, 0.2) is 17.3 Å². The summed E-state index contributed by atoms with van der Waals surface area (Å²) in [4.78, 5) is 0. The average molecular weight is 421 g/mol. The van der Waals surface area contributed by atoms with Crippen molar-refractivity contribution in [2.45, 2.75) is 30.7 Å². The molecule has 4 rings (SSSR count). The van der Waals surface area contributed by atoms with E-state index in [0.717, 1.165) is 6.07 Å². The lowest BCUT2D eigenvalue weighted by Gasteiger charge is -2.36. The number of aliphatic hydroxyl groups excluding tert-OH is 3. The lowest BCUT2D eigenvalue weighted by molar-refractivity contribution is -0.263. The number of benzene rings is 2. The van der Waals surface area contributed by atoms with Gasteiger partial charge >= 0.3 is 0 Å². The summed E-state index contributed by atoms with van der Waals surface area (Å²) >= 11 is 0. The van der Waals surface area contributed by atoms with Crippen molar-refractivity contribution in [3.63, 3.8) is 0 Å². The van der Waals surface area contributed by atoms with Crippen LogP contribution in [-0.2, 0) is 9.47 Å². The van der Waals surface area contributed by atoms with Gasteiger partial charge in [-0.15, -0.1) is 0 Å². The first kappa shape index (κ1) is 20.1. The zero-order valence-electron chi connectivity index (χ0n) is 15.5. The van der Waals surface area contributed by atoms with Crippen LogP contribution in [0.25, 0.3) is 6.08 Å². The number of aliphatic hydroxyl groups is 4. The maximum Gasteiger partial charge on any atom is 0.270 e. The highest BCUT2D eigenvalue weighted by Crippen LogP contribution is 2.46. The summed E-state index contributed by atoms with van der Waals surface area (Å²) in [5, 5.41) is 69.1. The standard InChI is InChI=1S/C20H20O10/c21-9-4-12(23)10-6-16(30-20-18(27)17(26)14(25)7-28-20)19(29-15(10)5-9)8-1-2-11(22)13(24)3-8/h1-6,14,17-27H,7H2/p+1/t14-,17+,18+,19?,20+/m1/s1. The Balaban J connectivity index is 1.73. The fourth-order valence-corrected chi connectivity index (χ4v) is 3.35. The number of phenols is 4. The third-order valence-electron chi connectivity index (χ3n) is 4.97. The predicted octanol–water partition coefficient (Wildman–Crippen LogP) is 0.302. The van der Waals surface area contributed by atoms with Crippen molar-refractivity contribution in [1.29, 1.82) is 0 Å². The van der Waals surface area contributed by atoms with Crippen LogP contribution in [-0.4, -0.2) is 71.7 Å². The smallest absolute Gasteiger partial charge is 0.270 e. The zero-order valence-corrected chi connectivity index (χ0v) is 15.5. The molecule has 0 amide bonds. The Hall–Kier alpha value is -3.18. The summed E-state index contributed by atoms with van der Waals surface area (Å²) < 4.78 is 15.5. The molecule has 0 radical (unpaired) electrons. The molecule has 0 saturated carbocycles. The Morgan fingerprint density at radius 2 is 1.67 bits per heavy atom. The quantitative estimate of drug-likeness (QED) is 0.272. The molecule has 2 aliphatic heterocycles. The highest BCUT2D eigenvalue weighted by atomic mass is 16.7. The van der Waals surface area contributed by atoms with Crippen molar-refractivity contribution in [3.05, 3.63) is 47.2 Å². The lowest BCUT2D eigenvalue weighted by Crippen LogP contribution is -2.53. The molecule has 8 N–H and O–H groups in total. The highest BCUT2D eigenvalue weighted by Gasteiger charge is 2.42. The molecule has 1 fully saturated rings. The van der Waals surface area contributed by atoms with Crippen LogP contribution in [0, 0.1) is 0 Å². The maximum absolute atomic E-state index is 10.2. The SMILES string of the molecule is Oc1cc(O)c2c(c1)[OH+]C(c1ccc(O)c(O)c1)C(O[C@@H]1OC[C@@H](O)[C@H](O)[C@@H]1O)=C2. The van der Waals surface area contributed by atoms with E-state index in [0.29, 0.717) is 5.56 Å². The van der Waals surface area contributed by atoms with Crippen molar-refractivity contribution in [1.82, 2.24) is 0 Å². The third kappa shape index (κ3) is 3.57. The lowest BCUT2D eigenvalue weighted by atomic mass is 10.0. The molecule has 0 aromatic heterocycles. The van der Waals surface area contributed by atoms with Gasteiger partial charge in [0.1, 0.15) is 35.4 Å². The molecule has 5 atom stereocenters. The van der Waals surface area contributed by atoms with Crippen LogP contribution in [0.1, 0.15) is 17.2 Å². The first-order valence-electron chi connectivity index (χ1n) is 9.07. The van der Waals surface area contributed by atoms with Gasteiger partial charge in [-0.1, -0.05) is 0 Å². The van der Waals surface area contributed by atoms with Crippen LogP contribution < -0.4 is 0 Å². The molecule has 10 nitrogen and oxygen atoms in total. The maximum atomic E-state index is 10.2. The van der Waals surface area contributed by atoms with E-state index in [-0.39, 0.29) is 46.7 Å². The molecule has 0 aliphatic carbocycles. The Morgan fingerprint density at radius 1 is 0.900 bits per heavy atom. The van der Waals surface area contributed by atoms with E-state index in [1.54, 1.807) is 0 Å². The van der Waals surface area contributed by atoms with Gasteiger partial charge in [-0.25, -0.2) is 0 Å². The molecule has 2 aliphatic rings. The normalized spacial score (nSPS) is 28.2. The van der Waals surface area contributed by atoms with Gasteiger partial charge in [-0.05, 0) is 18.2 Å². The number of phenolic OH excluding ortho intramolecular Hbond substituents is 4. The third-order valence-corrected chi connectivity index (χ3v) is 4.97. The summed E-state index contributed by atoms with van der Waals surface area (Å²) in [6, 6.07) is 6.48. The molecular formula is C20H21O10+. The van der Waals surface area contributed by atoms with Crippen molar-refractivity contribution >= 4 is 6.08 Å². The number of hydrogen-bond donors (Lipinski definition) is 7. The molecule has 0 bridgehead atoms. The second kappa shape index (κ2) is 7.58. The van der Waals surface area contributed by atoms with Crippen LogP contribution in [0.2, 0.25) is 0 Å². The summed E-state index contributed by atoms with van der Waals surface area (Å²) in [5.41, 5.74) is 0.642. The summed E-state index contributed by atoms with van der Waals surface area (Å²) in [6.45, 7) is -0.270. The second-order valence-electron chi connectivity index (χ2n) is 7.09. The van der Waals surface area contributed by atoms with Crippen molar-refractivity contribution in [2.75, 3.05) is 6.61 Å². The van der Waals surface area contributed by atoms with E-state index in [9.17, 15) is 35.7 Å². The average Bonchev–Trinajstić information content (AvgIpc) is 2.70. The first-order valence-corrected chi connectivity index (χ1v) is 9.07. The number of fused-ring (bicyclic) bond motifs is 1. The second-order valence-corrected chi connectivity index (χ2v) is 7.09. The Kier molecular flexibility index (Phi) is 5.08. The minimum atomic E-state index is -1.56. The monoisotopic (exact) mass is 421 g/mol. The van der Waals surface area contributed by atoms with E-state index >= 15 is 0 Å². The summed E-state index contributed by atoms with van der Waals surface area (Å²) in [6.07, 6.45) is -5.12. The molecule has 160 valence electrons. The molecule has 10 heteroatoms. The molecule has 1 saturated heterocycles. The molecule has 30 heavy (non-hydrogen) atoms. The van der Waals surface area contributed by atoms with E-state index in [1.165, 1.54) is 30.3 Å². The van der Waals surface area contributed by atoms with Crippen molar-refractivity contribution in [3.8, 4) is 28.7 Å². The largest absolute Gasteiger partial charge is 0.571 e. The van der Waals surface area contributed by atoms with Gasteiger partial charge in [-0.2, -0.15) is 0 Å². The number of hydrogen-bond acceptors (Lipinski definition) is 9. The van der Waals surface area contributed by atoms with Crippen LogP contribution >= 0.6 is 0 Å². The Labute approximate surface area is 170 Å². The Morgan fingerprint density at radius 3 is 2.40 bits per heavy atom. The number of rotatable bonds is 3. The molecule has 2 heterocycles. The van der Waals surface area contributed by atoms with E-state index in [2.05, 4.69) is 4.74 Å². The molecule has 1 unspecified atom stereocenters. The summed E-state index contributed by atoms with van der Waals surface area (Å²) in [7, 11) is 0. The molecule has 2 aromatic rings. The predicted molar refractivity (Wildman–Crippen MR) is 101 cm³/mol. The van der Waals surface area contributed by atoms with Crippen LogP contribution in [0.3, 0.4) is 0 Å². The van der Waals surface area contributed by atoms with Gasteiger partial charge in [0.05, 0.1) is 18.2 Å². The van der Waals surface area contributed by atoms with Gasteiger partial charge < -0.3 is 50.0 Å². The van der Waals surface area contributed by atoms with E-state index in [1.807, 2.05) is 0 Å². The summed E-state index contributed by atoms with van der Waals surface area (Å²) in [5.74, 6) is -0.844. The van der Waals surface area contributed by atoms with E-state index < -0.39 is 30.7 Å². The topological polar surface area (TPSA) is 173 Å². The molecule has 0 spiro atoms. The van der Waals surface area contributed by atoms with Crippen LogP contribution in [0.5, 0.6) is 28.7 Å². The van der Waals surface area contributed by atoms with Gasteiger partial charge in [0, 0.05) is 12.1 Å². The Bertz CT molecular complexity index is 988.